The van der Waals surface area contributed by atoms with Gasteiger partial charge in [0.15, 0.2) is 0 Å². The zero-order valence-electron chi connectivity index (χ0n) is 12.2. The van der Waals surface area contributed by atoms with Gasteiger partial charge in [0.05, 0.1) is 0 Å². The Morgan fingerprint density at radius 1 is 0.750 bits per heavy atom. The summed E-state index contributed by atoms with van der Waals surface area (Å²) in [4.78, 5) is 0. The number of fused-ring (bicyclic) bond motifs is 2. The first-order chi connectivity index (χ1) is 9.93. The third-order valence-corrected chi connectivity index (χ3v) is 6.03. The van der Waals surface area contributed by atoms with Gasteiger partial charge in [-0.15, -0.1) is 0 Å². The molecule has 0 radical (unpaired) electrons. The molecule has 3 aliphatic rings. The largest absolute Gasteiger partial charge is 0.0613 e. The Hall–Kier alpha value is -1.30. The zero-order valence-corrected chi connectivity index (χ0v) is 12.2. The van der Waals surface area contributed by atoms with Gasteiger partial charge >= 0.3 is 0 Å². The number of rotatable bonds is 0. The van der Waals surface area contributed by atoms with E-state index in [4.69, 9.17) is 0 Å². The van der Waals surface area contributed by atoms with Crippen LogP contribution in [-0.4, -0.2) is 0 Å². The molecule has 0 saturated carbocycles. The Morgan fingerprint density at radius 2 is 1.55 bits per heavy atom. The Kier molecular flexibility index (Phi) is 2.33. The van der Waals surface area contributed by atoms with Crippen molar-refractivity contribution in [2.24, 2.45) is 0 Å². The highest BCUT2D eigenvalue weighted by atomic mass is 14.4. The smallest absolute Gasteiger partial charge is 0.0114 e. The molecule has 2 aromatic carbocycles. The van der Waals surface area contributed by atoms with Gasteiger partial charge in [-0.3, -0.25) is 0 Å². The summed E-state index contributed by atoms with van der Waals surface area (Å²) in [6.07, 6.45) is 12.4. The maximum Gasteiger partial charge on any atom is -0.0114 e. The van der Waals surface area contributed by atoms with Crippen LogP contribution >= 0.6 is 0 Å². The van der Waals surface area contributed by atoms with Gasteiger partial charge in [-0.25, -0.2) is 0 Å². The lowest BCUT2D eigenvalue weighted by molar-refractivity contribution is 0.476. The number of benzene rings is 2. The quantitative estimate of drug-likeness (QED) is 0.620. The van der Waals surface area contributed by atoms with Crippen molar-refractivity contribution in [2.45, 2.75) is 63.7 Å². The summed E-state index contributed by atoms with van der Waals surface area (Å²) in [6, 6.07) is 7.11. The van der Waals surface area contributed by atoms with Crippen LogP contribution in [0.4, 0.5) is 0 Å². The third-order valence-electron chi connectivity index (χ3n) is 6.03. The maximum absolute atomic E-state index is 2.42. The van der Waals surface area contributed by atoms with E-state index >= 15 is 0 Å². The molecular weight excluding hydrogens is 240 g/mol. The molecule has 0 aliphatic heterocycles. The molecule has 0 nitrogen and oxygen atoms in total. The van der Waals surface area contributed by atoms with Gasteiger partial charge in [0, 0.05) is 0 Å². The lowest BCUT2D eigenvalue weighted by Crippen LogP contribution is -2.21. The molecular formula is C20H22. The average Bonchev–Trinajstić information content (AvgIpc) is 2.52. The molecule has 1 unspecified atom stereocenters. The topological polar surface area (TPSA) is 0 Å². The third kappa shape index (κ3) is 1.38. The lowest BCUT2D eigenvalue weighted by Gasteiger charge is -2.36. The second-order valence-electron chi connectivity index (χ2n) is 7.02. The number of hydrogen-bond acceptors (Lipinski definition) is 0. The zero-order chi connectivity index (χ0) is 13.1. The van der Waals surface area contributed by atoms with E-state index < -0.39 is 0 Å². The average molecular weight is 262 g/mol. The van der Waals surface area contributed by atoms with Crippen molar-refractivity contribution >= 4 is 10.8 Å². The Labute approximate surface area is 121 Å². The molecule has 0 spiro atoms. The van der Waals surface area contributed by atoms with E-state index in [2.05, 4.69) is 18.2 Å². The van der Waals surface area contributed by atoms with Gasteiger partial charge in [-0.2, -0.15) is 0 Å². The van der Waals surface area contributed by atoms with Crippen molar-refractivity contribution in [2.75, 3.05) is 0 Å². The van der Waals surface area contributed by atoms with Crippen LogP contribution < -0.4 is 0 Å². The molecule has 0 aromatic heterocycles. The summed E-state index contributed by atoms with van der Waals surface area (Å²) in [6.45, 7) is 0. The minimum absolute atomic E-state index is 0.897. The first-order valence-corrected chi connectivity index (χ1v) is 8.51. The van der Waals surface area contributed by atoms with Gasteiger partial charge in [-0.05, 0) is 102 Å². The van der Waals surface area contributed by atoms with Crippen molar-refractivity contribution in [3.63, 3.8) is 0 Å². The van der Waals surface area contributed by atoms with Crippen LogP contribution in [0, 0.1) is 0 Å². The van der Waals surface area contributed by atoms with Crippen molar-refractivity contribution in [1.82, 2.24) is 0 Å². The monoisotopic (exact) mass is 262 g/mol. The Morgan fingerprint density at radius 3 is 2.45 bits per heavy atom. The summed E-state index contributed by atoms with van der Waals surface area (Å²) in [5.41, 5.74) is 8.76. The van der Waals surface area contributed by atoms with Crippen molar-refractivity contribution in [3.05, 3.63) is 46.0 Å². The fraction of sp³-hybridized carbons (Fsp3) is 0.500. The summed E-state index contributed by atoms with van der Waals surface area (Å²) >= 11 is 0. The molecule has 0 heterocycles. The molecule has 1 atom stereocenters. The minimum atomic E-state index is 0.897. The van der Waals surface area contributed by atoms with Crippen molar-refractivity contribution in [3.8, 4) is 0 Å². The van der Waals surface area contributed by atoms with Gasteiger partial charge in [0.2, 0.25) is 0 Å². The molecule has 0 saturated heterocycles. The van der Waals surface area contributed by atoms with Crippen molar-refractivity contribution < 1.29 is 0 Å². The van der Waals surface area contributed by atoms with Crippen LogP contribution in [0.3, 0.4) is 0 Å². The molecule has 3 aliphatic carbocycles. The standard InChI is InChI=1S/C20H22/c1-5-13-6-2-11-17-18-12-4-8-14-7-3-10-16(20(14)18)15(9-1)19(13)17/h1,5,9,14H,2-4,6-8,10-12H2. The minimum Gasteiger partial charge on any atom is -0.0613 e. The maximum atomic E-state index is 2.42. The molecule has 0 fully saturated rings. The van der Waals surface area contributed by atoms with E-state index in [0.29, 0.717) is 0 Å². The highest BCUT2D eigenvalue weighted by molar-refractivity contribution is 5.95. The molecule has 2 aromatic rings. The number of aryl methyl sites for hydroxylation is 3. The molecule has 20 heavy (non-hydrogen) atoms. The van der Waals surface area contributed by atoms with E-state index in [1.165, 1.54) is 57.8 Å². The van der Waals surface area contributed by atoms with Crippen LogP contribution in [0.2, 0.25) is 0 Å². The SMILES string of the molecule is c1cc2c3c(c4c5c(c3c1)CCCC5CCC4)CCC2. The van der Waals surface area contributed by atoms with E-state index in [0.717, 1.165) is 5.92 Å². The molecule has 0 amide bonds. The van der Waals surface area contributed by atoms with Crippen LogP contribution in [0.15, 0.2) is 18.2 Å². The molecule has 0 heteroatoms. The molecule has 0 N–H and O–H groups in total. The second-order valence-corrected chi connectivity index (χ2v) is 7.02. The molecule has 102 valence electrons. The van der Waals surface area contributed by atoms with Crippen LogP contribution in [0.5, 0.6) is 0 Å². The fourth-order valence-electron chi connectivity index (χ4n) is 5.32. The normalized spacial score (nSPS) is 23.7. The summed E-state index contributed by atoms with van der Waals surface area (Å²) in [7, 11) is 0. The number of hydrogen-bond donors (Lipinski definition) is 0. The summed E-state index contributed by atoms with van der Waals surface area (Å²) in [5, 5.41) is 3.30. The van der Waals surface area contributed by atoms with Crippen LogP contribution in [0.25, 0.3) is 10.8 Å². The predicted molar refractivity (Wildman–Crippen MR) is 84.6 cm³/mol. The van der Waals surface area contributed by atoms with E-state index in [9.17, 15) is 0 Å². The lowest BCUT2D eigenvalue weighted by atomic mass is 9.68. The molecule has 0 bridgehead atoms. The summed E-state index contributed by atoms with van der Waals surface area (Å²) in [5.74, 6) is 0.897. The Bertz CT molecular complexity index is 706. The fourth-order valence-corrected chi connectivity index (χ4v) is 5.32. The van der Waals surface area contributed by atoms with Gasteiger partial charge in [0.25, 0.3) is 0 Å². The van der Waals surface area contributed by atoms with Crippen molar-refractivity contribution in [1.29, 1.82) is 0 Å². The predicted octanol–water partition coefficient (Wildman–Crippen LogP) is 5.08. The first kappa shape index (κ1) is 11.4. The van der Waals surface area contributed by atoms with Gasteiger partial charge in [0.1, 0.15) is 0 Å². The molecule has 5 rings (SSSR count). The second kappa shape index (κ2) is 4.10. The first-order valence-electron chi connectivity index (χ1n) is 8.51. The van der Waals surface area contributed by atoms with Crippen LogP contribution in [0.1, 0.15) is 65.8 Å². The Balaban J connectivity index is 1.97. The van der Waals surface area contributed by atoms with Gasteiger partial charge in [-0.1, -0.05) is 18.2 Å². The highest BCUT2D eigenvalue weighted by Gasteiger charge is 2.31. The summed E-state index contributed by atoms with van der Waals surface area (Å²) < 4.78 is 0. The highest BCUT2D eigenvalue weighted by Crippen LogP contribution is 2.47. The van der Waals surface area contributed by atoms with E-state index in [1.54, 1.807) is 33.0 Å². The van der Waals surface area contributed by atoms with Gasteiger partial charge < -0.3 is 0 Å². The van der Waals surface area contributed by atoms with E-state index in [-0.39, 0.29) is 0 Å². The van der Waals surface area contributed by atoms with E-state index in [1.807, 2.05) is 5.56 Å². The van der Waals surface area contributed by atoms with Crippen LogP contribution in [-0.2, 0) is 25.7 Å².